The molecular formula is C25H24F5N3O4. The number of hydrogen-bond acceptors (Lipinski definition) is 4. The molecule has 0 aliphatic rings. The van der Waals surface area contributed by atoms with Gasteiger partial charge in [-0.3, -0.25) is 4.79 Å². The average Bonchev–Trinajstić information content (AvgIpc) is 2.82. The molecule has 198 valence electrons. The number of pyridine rings is 1. The molecule has 0 aliphatic heterocycles. The van der Waals surface area contributed by atoms with Crippen LogP contribution < -0.4 is 25.7 Å². The van der Waals surface area contributed by atoms with Crippen LogP contribution >= 0.6 is 0 Å². The number of aromatic amines is 1. The number of carbonyl (C=O) groups is 1. The van der Waals surface area contributed by atoms with Gasteiger partial charge in [0.15, 0.2) is 5.75 Å². The Labute approximate surface area is 208 Å². The molecule has 12 heteroatoms. The van der Waals surface area contributed by atoms with Crippen LogP contribution in [0.25, 0.3) is 11.1 Å². The number of amides is 2. The van der Waals surface area contributed by atoms with E-state index in [4.69, 9.17) is 9.47 Å². The first-order chi connectivity index (χ1) is 17.3. The van der Waals surface area contributed by atoms with Crippen LogP contribution in [0, 0.1) is 5.82 Å². The lowest BCUT2D eigenvalue weighted by Crippen LogP contribution is -2.31. The van der Waals surface area contributed by atoms with Gasteiger partial charge in [-0.1, -0.05) is 6.07 Å². The van der Waals surface area contributed by atoms with Crippen molar-refractivity contribution in [1.29, 1.82) is 0 Å². The second-order valence-electron chi connectivity index (χ2n) is 8.49. The first-order valence-electron chi connectivity index (χ1n) is 11.0. The Morgan fingerprint density at radius 2 is 1.73 bits per heavy atom. The molecule has 2 aromatic carbocycles. The molecule has 7 nitrogen and oxygen atoms in total. The first kappa shape index (κ1) is 27.5. The summed E-state index contributed by atoms with van der Waals surface area (Å²) in [6, 6.07) is 7.02. The Hall–Kier alpha value is -4.09. The molecule has 0 spiro atoms. The van der Waals surface area contributed by atoms with Gasteiger partial charge in [-0.15, -0.1) is 0 Å². The van der Waals surface area contributed by atoms with Crippen LogP contribution in [0.2, 0.25) is 0 Å². The van der Waals surface area contributed by atoms with Crippen molar-refractivity contribution in [3.05, 3.63) is 70.4 Å². The van der Waals surface area contributed by atoms with E-state index in [1.807, 2.05) is 0 Å². The highest BCUT2D eigenvalue weighted by Crippen LogP contribution is 2.39. The van der Waals surface area contributed by atoms with Gasteiger partial charge in [-0.2, -0.15) is 13.2 Å². The monoisotopic (exact) mass is 525 g/mol. The van der Waals surface area contributed by atoms with Gasteiger partial charge in [0.25, 0.3) is 5.56 Å². The molecule has 0 saturated heterocycles. The van der Waals surface area contributed by atoms with E-state index in [2.05, 4.69) is 15.6 Å². The topological polar surface area (TPSA) is 92.4 Å². The lowest BCUT2D eigenvalue weighted by Gasteiger charge is -2.25. The van der Waals surface area contributed by atoms with Gasteiger partial charge in [0, 0.05) is 17.4 Å². The molecule has 0 saturated carbocycles. The third-order valence-electron chi connectivity index (χ3n) is 4.97. The van der Waals surface area contributed by atoms with Gasteiger partial charge in [0.2, 0.25) is 0 Å². The zero-order chi connectivity index (χ0) is 27.4. The highest BCUT2D eigenvalue weighted by molar-refractivity contribution is 6.00. The third kappa shape index (κ3) is 6.99. The quantitative estimate of drug-likeness (QED) is 0.298. The Balaban J connectivity index is 1.77. The number of urea groups is 1. The summed E-state index contributed by atoms with van der Waals surface area (Å²) in [5.74, 6) is -1.37. The van der Waals surface area contributed by atoms with Gasteiger partial charge >= 0.3 is 12.2 Å². The number of ether oxygens (including phenoxy) is 2. The SMILES string of the molecule is CCOc1cc(-c2ccc(NC(=O)Nc3ccc(OC(C)(C)CF)c(C(F)(F)F)c3)c(F)c2)c[nH]c1=O. The van der Waals surface area contributed by atoms with E-state index in [-0.39, 0.29) is 23.7 Å². The van der Waals surface area contributed by atoms with E-state index in [1.165, 1.54) is 38.2 Å². The van der Waals surface area contributed by atoms with Gasteiger partial charge in [-0.25, -0.2) is 13.6 Å². The number of rotatable bonds is 8. The minimum Gasteiger partial charge on any atom is -0.488 e. The van der Waals surface area contributed by atoms with E-state index in [0.29, 0.717) is 17.2 Å². The smallest absolute Gasteiger partial charge is 0.420 e. The molecule has 3 rings (SSSR count). The maximum atomic E-state index is 14.7. The van der Waals surface area contributed by atoms with Crippen molar-refractivity contribution in [2.75, 3.05) is 23.9 Å². The molecule has 3 aromatic rings. The fraction of sp³-hybridized carbons (Fsp3) is 0.280. The second kappa shape index (κ2) is 10.9. The third-order valence-corrected chi connectivity index (χ3v) is 4.97. The number of carbonyl (C=O) groups excluding carboxylic acids is 1. The van der Waals surface area contributed by atoms with Crippen LogP contribution in [0.1, 0.15) is 26.3 Å². The standard InChI is InChI=1S/C25H24F5N3O4/c1-4-36-21-10-15(12-31-22(21)34)14-5-7-19(18(27)9-14)33-23(35)32-16-6-8-20(37-24(2,3)13-26)17(11-16)25(28,29)30/h5-12H,4,13H2,1-3H3,(H,31,34)(H2,32,33,35). The molecule has 0 unspecified atom stereocenters. The molecule has 3 N–H and O–H groups in total. The van der Waals surface area contributed by atoms with Gasteiger partial charge in [0.05, 0.1) is 17.9 Å². The van der Waals surface area contributed by atoms with E-state index >= 15 is 0 Å². The van der Waals surface area contributed by atoms with Gasteiger partial charge in [0.1, 0.15) is 23.8 Å². The summed E-state index contributed by atoms with van der Waals surface area (Å²) < 4.78 is 78.7. The predicted octanol–water partition coefficient (Wildman–Crippen LogP) is 6.37. The van der Waals surface area contributed by atoms with E-state index in [0.717, 1.165) is 18.2 Å². The number of alkyl halides is 4. The zero-order valence-corrected chi connectivity index (χ0v) is 20.1. The van der Waals surface area contributed by atoms with Crippen molar-refractivity contribution in [2.24, 2.45) is 0 Å². The predicted molar refractivity (Wildman–Crippen MR) is 128 cm³/mol. The van der Waals surface area contributed by atoms with Crippen LogP contribution in [0.5, 0.6) is 11.5 Å². The number of halogens is 5. The Bertz CT molecular complexity index is 1340. The molecule has 37 heavy (non-hydrogen) atoms. The number of hydrogen-bond donors (Lipinski definition) is 3. The highest BCUT2D eigenvalue weighted by Gasteiger charge is 2.36. The summed E-state index contributed by atoms with van der Waals surface area (Å²) in [5.41, 5.74) is -2.80. The van der Waals surface area contributed by atoms with Crippen molar-refractivity contribution in [1.82, 2.24) is 4.98 Å². The van der Waals surface area contributed by atoms with Crippen molar-refractivity contribution in [2.45, 2.75) is 32.5 Å². The van der Waals surface area contributed by atoms with E-state index in [9.17, 15) is 31.5 Å². The molecule has 0 fully saturated rings. The number of nitrogens with one attached hydrogen (secondary N) is 3. The lowest BCUT2D eigenvalue weighted by atomic mass is 10.1. The second-order valence-corrected chi connectivity index (χ2v) is 8.49. The summed E-state index contributed by atoms with van der Waals surface area (Å²) in [7, 11) is 0. The molecular weight excluding hydrogens is 501 g/mol. The zero-order valence-electron chi connectivity index (χ0n) is 20.1. The largest absolute Gasteiger partial charge is 0.488 e. The first-order valence-corrected chi connectivity index (χ1v) is 11.0. The van der Waals surface area contributed by atoms with Gasteiger partial charge in [-0.05, 0) is 62.7 Å². The van der Waals surface area contributed by atoms with Crippen molar-refractivity contribution in [3.63, 3.8) is 0 Å². The molecule has 2 amide bonds. The number of anilines is 2. The van der Waals surface area contributed by atoms with Crippen molar-refractivity contribution >= 4 is 17.4 Å². The number of aromatic nitrogens is 1. The molecule has 0 radical (unpaired) electrons. The van der Waals surface area contributed by atoms with Crippen LogP contribution in [-0.2, 0) is 6.18 Å². The molecule has 0 bridgehead atoms. The van der Waals surface area contributed by atoms with E-state index in [1.54, 1.807) is 6.92 Å². The van der Waals surface area contributed by atoms with Gasteiger partial charge < -0.3 is 25.1 Å². The maximum absolute atomic E-state index is 14.7. The minimum absolute atomic E-state index is 0.0601. The molecule has 1 heterocycles. The summed E-state index contributed by atoms with van der Waals surface area (Å²) in [5, 5.41) is 4.43. The van der Waals surface area contributed by atoms with Crippen molar-refractivity contribution in [3.8, 4) is 22.6 Å². The summed E-state index contributed by atoms with van der Waals surface area (Å²) in [6.45, 7) is 3.53. The number of benzene rings is 2. The summed E-state index contributed by atoms with van der Waals surface area (Å²) >= 11 is 0. The normalized spacial score (nSPS) is 11.7. The van der Waals surface area contributed by atoms with Crippen LogP contribution in [0.4, 0.5) is 38.1 Å². The molecule has 0 aliphatic carbocycles. The minimum atomic E-state index is -4.85. The lowest BCUT2D eigenvalue weighted by molar-refractivity contribution is -0.139. The molecule has 1 aromatic heterocycles. The highest BCUT2D eigenvalue weighted by atomic mass is 19.4. The van der Waals surface area contributed by atoms with Crippen LogP contribution in [0.3, 0.4) is 0 Å². The summed E-state index contributed by atoms with van der Waals surface area (Å²) in [6.07, 6.45) is -3.47. The molecule has 0 atom stereocenters. The summed E-state index contributed by atoms with van der Waals surface area (Å²) in [4.78, 5) is 26.6. The maximum Gasteiger partial charge on any atom is 0.420 e. The fourth-order valence-electron chi connectivity index (χ4n) is 3.22. The average molecular weight is 525 g/mol. The Morgan fingerprint density at radius 1 is 1.00 bits per heavy atom. The fourth-order valence-corrected chi connectivity index (χ4v) is 3.22. The Kier molecular flexibility index (Phi) is 8.09. The van der Waals surface area contributed by atoms with Crippen LogP contribution in [-0.4, -0.2) is 29.9 Å². The van der Waals surface area contributed by atoms with Crippen LogP contribution in [0.15, 0.2) is 53.5 Å². The van der Waals surface area contributed by atoms with Crippen molar-refractivity contribution < 1.29 is 36.2 Å². The number of H-pyrrole nitrogens is 1. The van der Waals surface area contributed by atoms with E-state index < -0.39 is 47.2 Å². The Morgan fingerprint density at radius 3 is 2.35 bits per heavy atom.